The molecule has 5 nitrogen and oxygen atoms in total. The van der Waals surface area contributed by atoms with Crippen LogP contribution in [0.5, 0.6) is 5.75 Å². The molecule has 0 fully saturated rings. The van der Waals surface area contributed by atoms with Crippen LogP contribution in [0.1, 0.15) is 34.6 Å². The fraction of sp³-hybridized carbons (Fsp3) is 0.263. The van der Waals surface area contributed by atoms with Crippen molar-refractivity contribution in [3.05, 3.63) is 53.3 Å². The molecule has 25 heavy (non-hydrogen) atoms. The van der Waals surface area contributed by atoms with Crippen LogP contribution < -0.4 is 10.1 Å². The van der Waals surface area contributed by atoms with Gasteiger partial charge in [-0.2, -0.15) is 0 Å². The first-order valence-corrected chi connectivity index (χ1v) is 7.77. The maximum Gasteiger partial charge on any atom is 0.341 e. The number of carbonyl (C=O) groups is 2. The molecular weight excluding hydrogens is 325 g/mol. The second-order valence-corrected chi connectivity index (χ2v) is 5.68. The zero-order valence-corrected chi connectivity index (χ0v) is 14.6. The lowest BCUT2D eigenvalue weighted by molar-refractivity contribution is 0.0594. The van der Waals surface area contributed by atoms with Crippen LogP contribution >= 0.6 is 0 Å². The van der Waals surface area contributed by atoms with Crippen molar-refractivity contribution < 1.29 is 23.5 Å². The van der Waals surface area contributed by atoms with Crippen molar-refractivity contribution in [2.24, 2.45) is 0 Å². The van der Waals surface area contributed by atoms with Crippen molar-refractivity contribution in [1.29, 1.82) is 0 Å². The molecule has 132 valence electrons. The summed E-state index contributed by atoms with van der Waals surface area (Å²) in [6.45, 7) is 3.69. The number of amides is 1. The van der Waals surface area contributed by atoms with Crippen molar-refractivity contribution in [3.63, 3.8) is 0 Å². The highest BCUT2D eigenvalue weighted by Crippen LogP contribution is 2.29. The third-order valence-corrected chi connectivity index (χ3v) is 3.47. The molecule has 6 heteroatoms. The zero-order chi connectivity index (χ0) is 18.6. The van der Waals surface area contributed by atoms with Gasteiger partial charge in [-0.3, -0.25) is 4.79 Å². The molecule has 0 aromatic heterocycles. The highest BCUT2D eigenvalue weighted by molar-refractivity contribution is 5.96. The van der Waals surface area contributed by atoms with Crippen LogP contribution in [0.15, 0.2) is 36.4 Å². The summed E-state index contributed by atoms with van der Waals surface area (Å²) in [6.07, 6.45) is -0.122. The Morgan fingerprint density at radius 3 is 2.40 bits per heavy atom. The number of methoxy groups -OCH3 is 1. The maximum absolute atomic E-state index is 13.9. The lowest BCUT2D eigenvalue weighted by Crippen LogP contribution is -2.18. The van der Waals surface area contributed by atoms with Gasteiger partial charge < -0.3 is 14.8 Å². The Balaban J connectivity index is 2.54. The van der Waals surface area contributed by atoms with E-state index in [1.165, 1.54) is 20.2 Å². The second kappa shape index (κ2) is 7.79. The quantitative estimate of drug-likeness (QED) is 0.843. The minimum absolute atomic E-state index is 0.122. The number of hydrogen-bond acceptors (Lipinski definition) is 4. The minimum Gasteiger partial charge on any atom is -0.490 e. The van der Waals surface area contributed by atoms with Gasteiger partial charge in [0.15, 0.2) is 0 Å². The van der Waals surface area contributed by atoms with Crippen molar-refractivity contribution in [1.82, 2.24) is 5.32 Å². The van der Waals surface area contributed by atoms with Crippen LogP contribution in [0, 0.1) is 5.82 Å². The van der Waals surface area contributed by atoms with E-state index in [4.69, 9.17) is 9.47 Å². The van der Waals surface area contributed by atoms with Gasteiger partial charge in [-0.1, -0.05) is 6.07 Å². The standard InChI is InChI=1S/C19H20FNO4/c1-11(2)25-17-6-5-12(10-16(17)19(23)24-4)13-7-14(18(22)21-3)9-15(20)8-13/h5-11H,1-4H3,(H,21,22). The Kier molecular flexibility index (Phi) is 5.75. The van der Waals surface area contributed by atoms with E-state index in [1.54, 1.807) is 24.3 Å². The zero-order valence-electron chi connectivity index (χ0n) is 14.6. The number of rotatable bonds is 5. The molecular formula is C19H20FNO4. The van der Waals surface area contributed by atoms with Crippen LogP contribution in [0.2, 0.25) is 0 Å². The maximum atomic E-state index is 13.9. The summed E-state index contributed by atoms with van der Waals surface area (Å²) in [6, 6.07) is 8.90. The average Bonchev–Trinajstić information content (AvgIpc) is 2.59. The summed E-state index contributed by atoms with van der Waals surface area (Å²) >= 11 is 0. The Bertz CT molecular complexity index is 802. The van der Waals surface area contributed by atoms with Crippen molar-refractivity contribution in [2.45, 2.75) is 20.0 Å². The van der Waals surface area contributed by atoms with Gasteiger partial charge in [-0.25, -0.2) is 9.18 Å². The molecule has 1 amide bonds. The average molecular weight is 345 g/mol. The smallest absolute Gasteiger partial charge is 0.341 e. The van der Waals surface area contributed by atoms with E-state index < -0.39 is 17.7 Å². The van der Waals surface area contributed by atoms with E-state index in [0.29, 0.717) is 16.9 Å². The number of hydrogen-bond donors (Lipinski definition) is 1. The fourth-order valence-electron chi connectivity index (χ4n) is 2.37. The Labute approximate surface area is 145 Å². The van der Waals surface area contributed by atoms with Crippen molar-refractivity contribution in [3.8, 4) is 16.9 Å². The largest absolute Gasteiger partial charge is 0.490 e. The Morgan fingerprint density at radius 1 is 1.08 bits per heavy atom. The van der Waals surface area contributed by atoms with Gasteiger partial charge in [0.05, 0.1) is 13.2 Å². The Morgan fingerprint density at radius 2 is 1.80 bits per heavy atom. The molecule has 2 aromatic carbocycles. The molecule has 0 aliphatic rings. The van der Waals surface area contributed by atoms with Gasteiger partial charge in [-0.15, -0.1) is 0 Å². The molecule has 1 N–H and O–H groups in total. The SMILES string of the molecule is CNC(=O)c1cc(F)cc(-c2ccc(OC(C)C)c(C(=O)OC)c2)c1. The number of esters is 1. The molecule has 0 aliphatic heterocycles. The molecule has 2 aromatic rings. The molecule has 2 rings (SSSR count). The van der Waals surface area contributed by atoms with E-state index in [1.807, 2.05) is 13.8 Å². The van der Waals surface area contributed by atoms with Gasteiger partial charge in [-0.05, 0) is 55.3 Å². The van der Waals surface area contributed by atoms with Crippen LogP contribution in [-0.4, -0.2) is 32.1 Å². The third kappa shape index (κ3) is 4.35. The van der Waals surface area contributed by atoms with Gasteiger partial charge in [0.1, 0.15) is 17.1 Å². The lowest BCUT2D eigenvalue weighted by atomic mass is 10.00. The lowest BCUT2D eigenvalue weighted by Gasteiger charge is -2.15. The number of ether oxygens (including phenoxy) is 2. The van der Waals surface area contributed by atoms with Crippen molar-refractivity contribution in [2.75, 3.05) is 14.2 Å². The topological polar surface area (TPSA) is 64.6 Å². The van der Waals surface area contributed by atoms with Gasteiger partial charge in [0.25, 0.3) is 5.91 Å². The molecule has 0 bridgehead atoms. The molecule has 0 saturated heterocycles. The second-order valence-electron chi connectivity index (χ2n) is 5.68. The van der Waals surface area contributed by atoms with Gasteiger partial charge in [0.2, 0.25) is 0 Å². The first-order valence-electron chi connectivity index (χ1n) is 7.77. The van der Waals surface area contributed by atoms with E-state index in [-0.39, 0.29) is 17.2 Å². The molecule has 0 unspecified atom stereocenters. The molecule has 0 radical (unpaired) electrons. The monoisotopic (exact) mass is 345 g/mol. The molecule has 0 saturated carbocycles. The normalized spacial score (nSPS) is 10.5. The van der Waals surface area contributed by atoms with Crippen LogP contribution in [0.3, 0.4) is 0 Å². The molecule has 0 heterocycles. The summed E-state index contributed by atoms with van der Waals surface area (Å²) < 4.78 is 24.3. The van der Waals surface area contributed by atoms with Gasteiger partial charge in [0, 0.05) is 12.6 Å². The van der Waals surface area contributed by atoms with Crippen molar-refractivity contribution >= 4 is 11.9 Å². The van der Waals surface area contributed by atoms with E-state index >= 15 is 0 Å². The predicted molar refractivity (Wildman–Crippen MR) is 92.3 cm³/mol. The van der Waals surface area contributed by atoms with E-state index in [0.717, 1.165) is 6.07 Å². The number of nitrogens with one attached hydrogen (secondary N) is 1. The van der Waals surface area contributed by atoms with Crippen LogP contribution in [0.4, 0.5) is 4.39 Å². The fourth-order valence-corrected chi connectivity index (χ4v) is 2.37. The molecule has 0 spiro atoms. The van der Waals surface area contributed by atoms with E-state index in [2.05, 4.69) is 5.32 Å². The first-order chi connectivity index (χ1) is 11.8. The van der Waals surface area contributed by atoms with E-state index in [9.17, 15) is 14.0 Å². The Hall–Kier alpha value is -2.89. The minimum atomic E-state index is -0.555. The summed E-state index contributed by atoms with van der Waals surface area (Å²) in [5.74, 6) is -1.11. The number of halogens is 1. The molecule has 0 atom stereocenters. The highest BCUT2D eigenvalue weighted by Gasteiger charge is 2.17. The predicted octanol–water partition coefficient (Wildman–Crippen LogP) is 3.43. The number of carbonyl (C=O) groups excluding carboxylic acids is 2. The van der Waals surface area contributed by atoms with Crippen LogP contribution in [-0.2, 0) is 4.74 Å². The summed E-state index contributed by atoms with van der Waals surface area (Å²) in [5, 5.41) is 2.46. The summed E-state index contributed by atoms with van der Waals surface area (Å²) in [7, 11) is 2.75. The first kappa shape index (κ1) is 18.4. The summed E-state index contributed by atoms with van der Waals surface area (Å²) in [5.41, 5.74) is 1.47. The summed E-state index contributed by atoms with van der Waals surface area (Å²) in [4.78, 5) is 23.8. The number of benzene rings is 2. The molecule has 0 aliphatic carbocycles. The third-order valence-electron chi connectivity index (χ3n) is 3.47. The van der Waals surface area contributed by atoms with Crippen LogP contribution in [0.25, 0.3) is 11.1 Å². The van der Waals surface area contributed by atoms with Gasteiger partial charge >= 0.3 is 5.97 Å². The highest BCUT2D eigenvalue weighted by atomic mass is 19.1.